The average Bonchev–Trinajstić information content (AvgIpc) is 2.39. The van der Waals surface area contributed by atoms with Crippen molar-refractivity contribution in [2.75, 3.05) is 18.5 Å². The Balaban J connectivity index is 2.48. The predicted molar refractivity (Wildman–Crippen MR) is 59.2 cm³/mol. The Bertz CT molecular complexity index is 357. The van der Waals surface area contributed by atoms with Crippen molar-refractivity contribution in [2.45, 2.75) is 25.9 Å². The Morgan fingerprint density at radius 1 is 1.40 bits per heavy atom. The molecule has 0 aromatic heterocycles. The van der Waals surface area contributed by atoms with Crippen molar-refractivity contribution in [1.29, 1.82) is 0 Å². The molecule has 0 atom stereocenters. The Kier molecular flexibility index (Phi) is 2.55. The number of halogens is 1. The van der Waals surface area contributed by atoms with E-state index in [0.717, 1.165) is 18.7 Å². The molecule has 0 spiro atoms. The number of para-hydroxylation sites is 1. The van der Waals surface area contributed by atoms with Crippen molar-refractivity contribution in [3.8, 4) is 5.75 Å². The highest BCUT2D eigenvalue weighted by atomic mass is 19.1. The van der Waals surface area contributed by atoms with E-state index in [2.05, 4.69) is 5.32 Å². The van der Waals surface area contributed by atoms with Crippen LogP contribution in [0.4, 0.5) is 10.1 Å². The first-order valence-electron chi connectivity index (χ1n) is 5.28. The maximum absolute atomic E-state index is 13.9. The van der Waals surface area contributed by atoms with Gasteiger partial charge in [0.2, 0.25) is 0 Å². The lowest BCUT2D eigenvalue weighted by Crippen LogP contribution is -2.12. The third-order valence-corrected chi connectivity index (χ3v) is 2.54. The number of ether oxygens (including phenoxy) is 1. The van der Waals surface area contributed by atoms with Gasteiger partial charge in [-0.3, -0.25) is 0 Å². The van der Waals surface area contributed by atoms with E-state index >= 15 is 0 Å². The number of benzene rings is 1. The summed E-state index contributed by atoms with van der Waals surface area (Å²) in [5, 5.41) is 3.25. The third kappa shape index (κ3) is 2.06. The molecular weight excluding hydrogens is 193 g/mol. The van der Waals surface area contributed by atoms with Gasteiger partial charge in [0.1, 0.15) is 11.4 Å². The van der Waals surface area contributed by atoms with Gasteiger partial charge in [-0.05, 0) is 26.3 Å². The molecule has 0 amide bonds. The highest BCUT2D eigenvalue weighted by Crippen LogP contribution is 2.38. The van der Waals surface area contributed by atoms with E-state index in [9.17, 15) is 4.39 Å². The van der Waals surface area contributed by atoms with Crippen LogP contribution in [0.5, 0.6) is 5.75 Å². The zero-order valence-corrected chi connectivity index (χ0v) is 9.14. The van der Waals surface area contributed by atoms with Crippen LogP contribution in [0.3, 0.4) is 0 Å². The lowest BCUT2D eigenvalue weighted by molar-refractivity contribution is 0.209. The van der Waals surface area contributed by atoms with Crippen LogP contribution in [0.15, 0.2) is 18.2 Å². The fraction of sp³-hybridized carbons (Fsp3) is 0.500. The smallest absolute Gasteiger partial charge is 0.148 e. The fourth-order valence-electron chi connectivity index (χ4n) is 1.77. The molecule has 0 bridgehead atoms. The maximum atomic E-state index is 13.9. The second-order valence-electron chi connectivity index (χ2n) is 4.28. The number of anilines is 1. The Hall–Kier alpha value is -1.25. The predicted octanol–water partition coefficient (Wildman–Crippen LogP) is 3.09. The van der Waals surface area contributed by atoms with Crippen molar-refractivity contribution in [2.24, 2.45) is 0 Å². The average molecular weight is 209 g/mol. The van der Waals surface area contributed by atoms with Crippen LogP contribution in [-0.4, -0.2) is 13.2 Å². The summed E-state index contributed by atoms with van der Waals surface area (Å²) < 4.78 is 19.5. The van der Waals surface area contributed by atoms with Crippen molar-refractivity contribution in [3.63, 3.8) is 0 Å². The number of rotatable bonds is 1. The van der Waals surface area contributed by atoms with Gasteiger partial charge in [-0.2, -0.15) is 0 Å². The standard InChI is InChI=1S/C12H16FNO/c1-12(2,13)9-5-3-6-10-11(9)15-8-4-7-14-10/h3,5-6,14H,4,7-8H2,1-2H3. The van der Waals surface area contributed by atoms with Gasteiger partial charge in [-0.25, -0.2) is 4.39 Å². The van der Waals surface area contributed by atoms with E-state index in [-0.39, 0.29) is 0 Å². The minimum Gasteiger partial charge on any atom is -0.491 e. The summed E-state index contributed by atoms with van der Waals surface area (Å²) >= 11 is 0. The maximum Gasteiger partial charge on any atom is 0.148 e. The Morgan fingerprint density at radius 2 is 2.20 bits per heavy atom. The molecule has 1 aliphatic rings. The summed E-state index contributed by atoms with van der Waals surface area (Å²) in [6.07, 6.45) is 0.945. The van der Waals surface area contributed by atoms with Crippen molar-refractivity contribution in [1.82, 2.24) is 0 Å². The molecular formula is C12H16FNO. The SMILES string of the molecule is CC(C)(F)c1cccc2c1OCCCN2. The first kappa shape index (κ1) is 10.3. The molecule has 0 aliphatic carbocycles. The van der Waals surface area contributed by atoms with Crippen molar-refractivity contribution in [3.05, 3.63) is 23.8 Å². The molecule has 0 radical (unpaired) electrons. The van der Waals surface area contributed by atoms with Gasteiger partial charge >= 0.3 is 0 Å². The van der Waals surface area contributed by atoms with Crippen LogP contribution in [0.2, 0.25) is 0 Å². The minimum absolute atomic E-state index is 0.620. The highest BCUT2D eigenvalue weighted by molar-refractivity contribution is 5.61. The molecule has 1 aliphatic heterocycles. The van der Waals surface area contributed by atoms with Crippen LogP contribution in [0.1, 0.15) is 25.8 Å². The second kappa shape index (κ2) is 3.72. The topological polar surface area (TPSA) is 21.3 Å². The summed E-state index contributed by atoms with van der Waals surface area (Å²) in [5.74, 6) is 0.669. The van der Waals surface area contributed by atoms with Gasteiger partial charge in [0.05, 0.1) is 12.3 Å². The molecule has 0 saturated carbocycles. The zero-order chi connectivity index (χ0) is 10.9. The number of hydrogen-bond donors (Lipinski definition) is 1. The van der Waals surface area contributed by atoms with Gasteiger partial charge in [-0.15, -0.1) is 0 Å². The fourth-order valence-corrected chi connectivity index (χ4v) is 1.77. The monoisotopic (exact) mass is 209 g/mol. The molecule has 1 N–H and O–H groups in total. The lowest BCUT2D eigenvalue weighted by Gasteiger charge is -2.20. The van der Waals surface area contributed by atoms with Crippen LogP contribution in [-0.2, 0) is 5.67 Å². The van der Waals surface area contributed by atoms with Crippen molar-refractivity contribution < 1.29 is 9.13 Å². The molecule has 1 heterocycles. The van der Waals surface area contributed by atoms with Crippen LogP contribution in [0, 0.1) is 0 Å². The number of nitrogens with one attached hydrogen (secondary N) is 1. The molecule has 0 saturated heterocycles. The third-order valence-electron chi connectivity index (χ3n) is 2.54. The van der Waals surface area contributed by atoms with E-state index < -0.39 is 5.67 Å². The summed E-state index contributed by atoms with van der Waals surface area (Å²) in [4.78, 5) is 0. The van der Waals surface area contributed by atoms with Gasteiger partial charge in [0.25, 0.3) is 0 Å². The minimum atomic E-state index is -1.36. The Morgan fingerprint density at radius 3 is 2.93 bits per heavy atom. The molecule has 3 heteroatoms. The van der Waals surface area contributed by atoms with E-state index in [1.165, 1.54) is 0 Å². The van der Waals surface area contributed by atoms with Gasteiger partial charge in [0, 0.05) is 12.1 Å². The van der Waals surface area contributed by atoms with Gasteiger partial charge in [0.15, 0.2) is 0 Å². The molecule has 1 aromatic carbocycles. The molecule has 0 fully saturated rings. The lowest BCUT2D eigenvalue weighted by atomic mass is 9.98. The van der Waals surface area contributed by atoms with Crippen LogP contribution in [0.25, 0.3) is 0 Å². The molecule has 1 aromatic rings. The highest BCUT2D eigenvalue weighted by Gasteiger charge is 2.25. The van der Waals surface area contributed by atoms with E-state index in [1.54, 1.807) is 19.9 Å². The zero-order valence-electron chi connectivity index (χ0n) is 9.14. The molecule has 0 unspecified atom stereocenters. The van der Waals surface area contributed by atoms with E-state index in [4.69, 9.17) is 4.74 Å². The number of fused-ring (bicyclic) bond motifs is 1. The van der Waals surface area contributed by atoms with E-state index in [1.807, 2.05) is 12.1 Å². The Labute approximate surface area is 89.4 Å². The van der Waals surface area contributed by atoms with Crippen LogP contribution >= 0.6 is 0 Å². The first-order valence-corrected chi connectivity index (χ1v) is 5.28. The summed E-state index contributed by atoms with van der Waals surface area (Å²) in [6.45, 7) is 4.63. The molecule has 82 valence electrons. The molecule has 2 rings (SSSR count). The second-order valence-corrected chi connectivity index (χ2v) is 4.28. The summed E-state index contributed by atoms with van der Waals surface area (Å²) in [7, 11) is 0. The number of hydrogen-bond acceptors (Lipinski definition) is 2. The molecule has 15 heavy (non-hydrogen) atoms. The molecule has 2 nitrogen and oxygen atoms in total. The first-order chi connectivity index (χ1) is 7.09. The summed E-state index contributed by atoms with van der Waals surface area (Å²) in [6, 6.07) is 5.57. The van der Waals surface area contributed by atoms with Gasteiger partial charge in [-0.1, -0.05) is 12.1 Å². The summed E-state index contributed by atoms with van der Waals surface area (Å²) in [5.41, 5.74) is 0.155. The van der Waals surface area contributed by atoms with Gasteiger partial charge < -0.3 is 10.1 Å². The van der Waals surface area contributed by atoms with E-state index in [0.29, 0.717) is 17.9 Å². The van der Waals surface area contributed by atoms with Crippen molar-refractivity contribution >= 4 is 5.69 Å². The van der Waals surface area contributed by atoms with Crippen LogP contribution < -0.4 is 10.1 Å². The number of alkyl halides is 1. The largest absolute Gasteiger partial charge is 0.491 e. The normalized spacial score (nSPS) is 15.9. The quantitative estimate of drug-likeness (QED) is 0.767.